The van der Waals surface area contributed by atoms with E-state index in [1.165, 1.54) is 6.92 Å². The highest BCUT2D eigenvalue weighted by atomic mass is 16.3. The largest absolute Gasteiger partial charge is 0.469 e. The highest BCUT2D eigenvalue weighted by Gasteiger charge is 2.35. The number of benzene rings is 1. The van der Waals surface area contributed by atoms with Crippen LogP contribution in [0.2, 0.25) is 0 Å². The van der Waals surface area contributed by atoms with Crippen molar-refractivity contribution in [1.82, 2.24) is 10.2 Å². The molecule has 5 heteroatoms. The Morgan fingerprint density at radius 3 is 2.80 bits per heavy atom. The van der Waals surface area contributed by atoms with E-state index in [0.717, 1.165) is 41.7 Å². The summed E-state index contributed by atoms with van der Waals surface area (Å²) < 4.78 is 5.50. The zero-order valence-electron chi connectivity index (χ0n) is 14.3. The number of carbonyl (C=O) groups excluding carboxylic acids is 2. The van der Waals surface area contributed by atoms with Gasteiger partial charge in [-0.25, -0.2) is 0 Å². The lowest BCUT2D eigenvalue weighted by atomic mass is 9.91. The van der Waals surface area contributed by atoms with E-state index in [4.69, 9.17) is 4.42 Å². The molecule has 1 aromatic heterocycles. The quantitative estimate of drug-likeness (QED) is 0.916. The number of rotatable bonds is 2. The van der Waals surface area contributed by atoms with Crippen LogP contribution in [0.15, 0.2) is 41.0 Å². The van der Waals surface area contributed by atoms with Gasteiger partial charge in [0.25, 0.3) is 0 Å². The minimum atomic E-state index is -0.454. The number of hydrogen-bond donors (Lipinski definition) is 1. The van der Waals surface area contributed by atoms with Crippen molar-refractivity contribution >= 4 is 11.8 Å². The molecular formula is C20H22N2O3. The molecule has 0 spiro atoms. The molecule has 0 radical (unpaired) electrons. The van der Waals surface area contributed by atoms with Gasteiger partial charge in [0.2, 0.25) is 11.8 Å². The molecule has 25 heavy (non-hydrogen) atoms. The number of carbonyl (C=O) groups is 2. The number of nitrogens with one attached hydrogen (secondary N) is 1. The molecule has 1 aromatic carbocycles. The molecular weight excluding hydrogens is 316 g/mol. The van der Waals surface area contributed by atoms with Crippen LogP contribution >= 0.6 is 0 Å². The molecule has 1 N–H and O–H groups in total. The van der Waals surface area contributed by atoms with Crippen molar-refractivity contribution in [3.05, 3.63) is 59.0 Å². The minimum Gasteiger partial charge on any atom is -0.469 e. The summed E-state index contributed by atoms with van der Waals surface area (Å²) in [6.45, 7) is 2.02. The summed E-state index contributed by atoms with van der Waals surface area (Å²) >= 11 is 0. The first-order valence-corrected chi connectivity index (χ1v) is 8.84. The van der Waals surface area contributed by atoms with E-state index in [9.17, 15) is 9.59 Å². The van der Waals surface area contributed by atoms with Gasteiger partial charge in [-0.2, -0.15) is 0 Å². The Morgan fingerprint density at radius 2 is 2.00 bits per heavy atom. The van der Waals surface area contributed by atoms with E-state index >= 15 is 0 Å². The average molecular weight is 338 g/mol. The Morgan fingerprint density at radius 1 is 1.20 bits per heavy atom. The van der Waals surface area contributed by atoms with E-state index in [1.54, 1.807) is 11.2 Å². The molecule has 2 aliphatic rings. The molecule has 0 bridgehead atoms. The second-order valence-electron chi connectivity index (χ2n) is 6.89. The Bertz CT molecular complexity index is 811. The molecule has 0 fully saturated rings. The number of hydrogen-bond acceptors (Lipinski definition) is 3. The summed E-state index contributed by atoms with van der Waals surface area (Å²) in [5, 5.41) is 3.15. The zero-order chi connectivity index (χ0) is 17.4. The summed E-state index contributed by atoms with van der Waals surface area (Å²) in [7, 11) is 0. The molecule has 1 aliphatic carbocycles. The Hall–Kier alpha value is -2.56. The first-order valence-electron chi connectivity index (χ1n) is 8.84. The van der Waals surface area contributed by atoms with E-state index < -0.39 is 6.04 Å². The van der Waals surface area contributed by atoms with E-state index in [-0.39, 0.29) is 17.9 Å². The molecule has 2 aromatic rings. The summed E-state index contributed by atoms with van der Waals surface area (Å²) in [6, 6.07) is 9.49. The Balaban J connectivity index is 1.56. The number of amides is 2. The van der Waals surface area contributed by atoms with Gasteiger partial charge in [-0.15, -0.1) is 0 Å². The number of furan rings is 1. The smallest absolute Gasteiger partial charge is 0.243 e. The van der Waals surface area contributed by atoms with Crippen molar-refractivity contribution in [2.45, 2.75) is 51.2 Å². The standard InChI is InChI=1S/C20H22N2O3/c1-13(23)22-12-15-6-3-2-5-14(15)11-18(22)20(24)21-17-7-4-8-19-16(17)9-10-25-19/h2-3,5-6,9-10,17-18H,4,7-8,11-12H2,1H3,(H,21,24)/t17-,18+/m1/s1. The predicted molar refractivity (Wildman–Crippen MR) is 92.7 cm³/mol. The van der Waals surface area contributed by atoms with Crippen LogP contribution in [0, 0.1) is 0 Å². The maximum atomic E-state index is 13.0. The van der Waals surface area contributed by atoms with Gasteiger partial charge in [0, 0.05) is 31.9 Å². The third-order valence-corrected chi connectivity index (χ3v) is 5.32. The van der Waals surface area contributed by atoms with Gasteiger partial charge < -0.3 is 14.6 Å². The zero-order valence-corrected chi connectivity index (χ0v) is 14.3. The fraction of sp³-hybridized carbons (Fsp3) is 0.400. The van der Waals surface area contributed by atoms with Crippen molar-refractivity contribution in [2.75, 3.05) is 0 Å². The molecule has 2 heterocycles. The average Bonchev–Trinajstić information content (AvgIpc) is 3.10. The highest BCUT2D eigenvalue weighted by molar-refractivity contribution is 5.88. The molecule has 0 saturated carbocycles. The third kappa shape index (κ3) is 2.95. The molecule has 0 saturated heterocycles. The molecule has 4 rings (SSSR count). The Labute approximate surface area is 147 Å². The summed E-state index contributed by atoms with van der Waals surface area (Å²) in [5.74, 6) is 0.819. The van der Waals surface area contributed by atoms with Crippen molar-refractivity contribution < 1.29 is 14.0 Å². The van der Waals surface area contributed by atoms with Crippen LogP contribution in [0.1, 0.15) is 48.3 Å². The normalized spacial score (nSPS) is 22.0. The van der Waals surface area contributed by atoms with Crippen LogP contribution in [0.3, 0.4) is 0 Å². The van der Waals surface area contributed by atoms with Crippen LogP contribution in [0.25, 0.3) is 0 Å². The summed E-state index contributed by atoms with van der Waals surface area (Å²) in [4.78, 5) is 26.8. The van der Waals surface area contributed by atoms with Crippen molar-refractivity contribution in [2.24, 2.45) is 0 Å². The molecule has 0 unspecified atom stereocenters. The fourth-order valence-corrected chi connectivity index (χ4v) is 3.99. The molecule has 130 valence electrons. The predicted octanol–water partition coefficient (Wildman–Crippen LogP) is 2.75. The van der Waals surface area contributed by atoms with Crippen molar-refractivity contribution in [3.8, 4) is 0 Å². The monoisotopic (exact) mass is 338 g/mol. The SMILES string of the molecule is CC(=O)N1Cc2ccccc2C[C@H]1C(=O)N[C@@H]1CCCc2occc21. The lowest BCUT2D eigenvalue weighted by molar-refractivity contribution is -0.140. The second kappa shape index (κ2) is 6.39. The maximum absolute atomic E-state index is 13.0. The Kier molecular flexibility index (Phi) is 4.07. The van der Waals surface area contributed by atoms with Gasteiger partial charge in [0.15, 0.2) is 0 Å². The van der Waals surface area contributed by atoms with E-state index in [2.05, 4.69) is 5.32 Å². The number of fused-ring (bicyclic) bond motifs is 2. The van der Waals surface area contributed by atoms with Crippen LogP contribution in [-0.4, -0.2) is 22.8 Å². The maximum Gasteiger partial charge on any atom is 0.243 e. The van der Waals surface area contributed by atoms with Gasteiger partial charge in [0.05, 0.1) is 12.3 Å². The van der Waals surface area contributed by atoms with E-state index in [0.29, 0.717) is 13.0 Å². The van der Waals surface area contributed by atoms with Crippen LogP contribution in [0.4, 0.5) is 0 Å². The molecule has 5 nitrogen and oxygen atoms in total. The third-order valence-electron chi connectivity index (χ3n) is 5.32. The summed E-state index contributed by atoms with van der Waals surface area (Å²) in [5.41, 5.74) is 3.34. The van der Waals surface area contributed by atoms with Gasteiger partial charge in [-0.05, 0) is 30.0 Å². The lowest BCUT2D eigenvalue weighted by Crippen LogP contribution is -2.52. The first kappa shape index (κ1) is 15.9. The van der Waals surface area contributed by atoms with Gasteiger partial charge in [-0.1, -0.05) is 24.3 Å². The summed E-state index contributed by atoms with van der Waals surface area (Å²) in [6.07, 6.45) is 5.07. The van der Waals surface area contributed by atoms with Crippen LogP contribution in [0.5, 0.6) is 0 Å². The van der Waals surface area contributed by atoms with Crippen molar-refractivity contribution in [1.29, 1.82) is 0 Å². The van der Waals surface area contributed by atoms with Crippen molar-refractivity contribution in [3.63, 3.8) is 0 Å². The lowest BCUT2D eigenvalue weighted by Gasteiger charge is -2.36. The topological polar surface area (TPSA) is 62.6 Å². The van der Waals surface area contributed by atoms with Gasteiger partial charge >= 0.3 is 0 Å². The van der Waals surface area contributed by atoms with E-state index in [1.807, 2.05) is 30.3 Å². The number of nitrogens with zero attached hydrogens (tertiary/aromatic N) is 1. The van der Waals surface area contributed by atoms with Gasteiger partial charge in [0.1, 0.15) is 11.8 Å². The molecule has 1 aliphatic heterocycles. The number of aryl methyl sites for hydroxylation is 1. The molecule has 2 amide bonds. The minimum absolute atomic E-state index is 0.0269. The van der Waals surface area contributed by atoms with Crippen LogP contribution in [-0.2, 0) is 29.0 Å². The highest BCUT2D eigenvalue weighted by Crippen LogP contribution is 2.31. The van der Waals surface area contributed by atoms with Gasteiger partial charge in [-0.3, -0.25) is 9.59 Å². The van der Waals surface area contributed by atoms with Crippen LogP contribution < -0.4 is 5.32 Å². The first-order chi connectivity index (χ1) is 12.1. The second-order valence-corrected chi connectivity index (χ2v) is 6.89. The molecule has 2 atom stereocenters. The fourth-order valence-electron chi connectivity index (χ4n) is 3.99.